The van der Waals surface area contributed by atoms with Crippen molar-refractivity contribution in [1.82, 2.24) is 14.8 Å². The van der Waals surface area contributed by atoms with Crippen LogP contribution in [0.3, 0.4) is 0 Å². The molecular weight excluding hydrogens is 431 g/mol. The van der Waals surface area contributed by atoms with Crippen molar-refractivity contribution >= 4 is 11.9 Å². The van der Waals surface area contributed by atoms with Gasteiger partial charge in [-0.15, -0.1) is 0 Å². The van der Waals surface area contributed by atoms with Gasteiger partial charge in [-0.3, -0.25) is 14.7 Å². The Balaban J connectivity index is 0.000000360. The molecule has 0 aromatic carbocycles. The molecule has 3 aliphatic heterocycles. The van der Waals surface area contributed by atoms with Gasteiger partial charge in [0.05, 0.1) is 24.8 Å². The van der Waals surface area contributed by atoms with Crippen LogP contribution in [0.25, 0.3) is 0 Å². The van der Waals surface area contributed by atoms with E-state index in [1.54, 1.807) is 0 Å². The van der Waals surface area contributed by atoms with E-state index in [0.29, 0.717) is 19.1 Å². The Kier molecular flexibility index (Phi) is 8.07. The van der Waals surface area contributed by atoms with Gasteiger partial charge in [0.2, 0.25) is 5.91 Å². The number of hydrogen-bond donors (Lipinski definition) is 1. The Hall–Kier alpha value is -2.24. The van der Waals surface area contributed by atoms with Gasteiger partial charge < -0.3 is 19.5 Å². The molecule has 0 aliphatic carbocycles. The molecule has 1 amide bonds. The standard InChI is InChI=1S/C19H27N3O3.C2HF3O2/c23-18(22-7-11-25-12-8-22)17-14-21(13-16-3-1-2-6-20-16)15-19(17)4-9-24-10-5-19;3-2(4,5)1(6)7/h1-3,6,17H,4-5,7-15H2;(H,6,7). The highest BCUT2D eigenvalue weighted by molar-refractivity contribution is 5.80. The summed E-state index contributed by atoms with van der Waals surface area (Å²) in [5.41, 5.74) is 1.13. The molecule has 1 aromatic heterocycles. The Labute approximate surface area is 184 Å². The fourth-order valence-corrected chi connectivity index (χ4v) is 4.54. The number of carbonyl (C=O) groups is 2. The molecule has 1 spiro atoms. The topological polar surface area (TPSA) is 92.2 Å². The van der Waals surface area contributed by atoms with Gasteiger partial charge in [0.15, 0.2) is 0 Å². The molecule has 4 heterocycles. The molecule has 1 N–H and O–H groups in total. The van der Waals surface area contributed by atoms with E-state index in [1.807, 2.05) is 23.2 Å². The maximum absolute atomic E-state index is 13.3. The first-order chi connectivity index (χ1) is 15.2. The molecular formula is C21H28F3N3O5. The van der Waals surface area contributed by atoms with Crippen LogP contribution in [0.15, 0.2) is 24.4 Å². The number of rotatable bonds is 3. The normalized spacial score (nSPS) is 23.5. The van der Waals surface area contributed by atoms with E-state index in [-0.39, 0.29) is 11.3 Å². The molecule has 3 aliphatic rings. The number of halogens is 3. The van der Waals surface area contributed by atoms with Gasteiger partial charge in [-0.05, 0) is 25.0 Å². The van der Waals surface area contributed by atoms with Crippen molar-refractivity contribution in [3.63, 3.8) is 0 Å². The number of aromatic nitrogens is 1. The number of hydrogen-bond acceptors (Lipinski definition) is 6. The fourth-order valence-electron chi connectivity index (χ4n) is 4.54. The maximum atomic E-state index is 13.3. The molecule has 0 radical (unpaired) electrons. The smallest absolute Gasteiger partial charge is 0.475 e. The van der Waals surface area contributed by atoms with Crippen molar-refractivity contribution in [2.24, 2.45) is 11.3 Å². The third-order valence-electron chi connectivity index (χ3n) is 6.18. The summed E-state index contributed by atoms with van der Waals surface area (Å²) in [4.78, 5) is 31.0. The summed E-state index contributed by atoms with van der Waals surface area (Å²) in [6.07, 6.45) is -1.29. The Morgan fingerprint density at radius 3 is 2.31 bits per heavy atom. The molecule has 0 bridgehead atoms. The SMILES string of the molecule is O=C(C1CN(Cc2ccccn2)CC12CCOCC2)N1CCOCC1.O=C(O)C(F)(F)F. The van der Waals surface area contributed by atoms with Crippen LogP contribution in [0.4, 0.5) is 13.2 Å². The predicted molar refractivity (Wildman–Crippen MR) is 107 cm³/mol. The number of nitrogens with zero attached hydrogens (tertiary/aromatic N) is 3. The first-order valence-electron chi connectivity index (χ1n) is 10.6. The zero-order chi connectivity index (χ0) is 23.2. The highest BCUT2D eigenvalue weighted by Crippen LogP contribution is 2.45. The monoisotopic (exact) mass is 459 g/mol. The van der Waals surface area contributed by atoms with Crippen molar-refractivity contribution in [2.75, 3.05) is 52.6 Å². The highest BCUT2D eigenvalue weighted by atomic mass is 19.4. The van der Waals surface area contributed by atoms with Gasteiger partial charge in [0, 0.05) is 57.5 Å². The van der Waals surface area contributed by atoms with E-state index in [0.717, 1.165) is 64.5 Å². The third kappa shape index (κ3) is 6.17. The summed E-state index contributed by atoms with van der Waals surface area (Å²) in [5.74, 6) is -2.38. The van der Waals surface area contributed by atoms with Crippen LogP contribution >= 0.6 is 0 Å². The number of ether oxygens (including phenoxy) is 2. The molecule has 0 saturated carbocycles. The van der Waals surface area contributed by atoms with Crippen LogP contribution in [0.5, 0.6) is 0 Å². The van der Waals surface area contributed by atoms with Gasteiger partial charge in [-0.25, -0.2) is 4.79 Å². The highest BCUT2D eigenvalue weighted by Gasteiger charge is 2.51. The average molecular weight is 459 g/mol. The number of likely N-dealkylation sites (tertiary alicyclic amines) is 1. The molecule has 3 fully saturated rings. The van der Waals surface area contributed by atoms with Gasteiger partial charge in [-0.1, -0.05) is 6.07 Å². The van der Waals surface area contributed by atoms with E-state index in [9.17, 15) is 18.0 Å². The maximum Gasteiger partial charge on any atom is 0.490 e. The quantitative estimate of drug-likeness (QED) is 0.737. The lowest BCUT2D eigenvalue weighted by molar-refractivity contribution is -0.192. The minimum atomic E-state index is -5.08. The molecule has 1 unspecified atom stereocenters. The molecule has 11 heteroatoms. The summed E-state index contributed by atoms with van der Waals surface area (Å²) < 4.78 is 42.8. The zero-order valence-electron chi connectivity index (χ0n) is 17.7. The first-order valence-corrected chi connectivity index (χ1v) is 10.6. The lowest BCUT2D eigenvalue weighted by Crippen LogP contribution is -2.49. The summed E-state index contributed by atoms with van der Waals surface area (Å²) in [6, 6.07) is 6.03. The van der Waals surface area contributed by atoms with Crippen molar-refractivity contribution in [1.29, 1.82) is 0 Å². The largest absolute Gasteiger partial charge is 0.490 e. The Morgan fingerprint density at radius 2 is 1.75 bits per heavy atom. The zero-order valence-corrected chi connectivity index (χ0v) is 17.7. The first kappa shape index (κ1) is 24.4. The number of amides is 1. The number of aliphatic carboxylic acids is 1. The summed E-state index contributed by atoms with van der Waals surface area (Å²) in [7, 11) is 0. The number of carboxylic acid groups (broad SMARTS) is 1. The molecule has 8 nitrogen and oxygen atoms in total. The lowest BCUT2D eigenvalue weighted by atomic mass is 9.71. The van der Waals surface area contributed by atoms with E-state index >= 15 is 0 Å². The second-order valence-corrected chi connectivity index (χ2v) is 8.26. The van der Waals surface area contributed by atoms with E-state index in [4.69, 9.17) is 19.4 Å². The van der Waals surface area contributed by atoms with Crippen molar-refractivity contribution in [3.05, 3.63) is 30.1 Å². The van der Waals surface area contributed by atoms with Gasteiger partial charge in [0.25, 0.3) is 0 Å². The number of alkyl halides is 3. The number of carbonyl (C=O) groups excluding carboxylic acids is 1. The van der Waals surface area contributed by atoms with Crippen molar-refractivity contribution < 1.29 is 37.3 Å². The van der Waals surface area contributed by atoms with E-state index < -0.39 is 12.1 Å². The molecule has 4 rings (SSSR count). The number of morpholine rings is 1. The van der Waals surface area contributed by atoms with Crippen LogP contribution in [0.1, 0.15) is 18.5 Å². The van der Waals surface area contributed by atoms with Crippen LogP contribution in [0, 0.1) is 11.3 Å². The number of pyridine rings is 1. The van der Waals surface area contributed by atoms with Crippen LogP contribution < -0.4 is 0 Å². The van der Waals surface area contributed by atoms with E-state index in [2.05, 4.69) is 16.0 Å². The lowest BCUT2D eigenvalue weighted by Gasteiger charge is -2.40. The van der Waals surface area contributed by atoms with Crippen LogP contribution in [-0.4, -0.2) is 90.5 Å². The van der Waals surface area contributed by atoms with Crippen molar-refractivity contribution in [3.8, 4) is 0 Å². The van der Waals surface area contributed by atoms with E-state index in [1.165, 1.54) is 0 Å². The molecule has 1 atom stereocenters. The van der Waals surface area contributed by atoms with Gasteiger partial charge in [0.1, 0.15) is 0 Å². The molecule has 32 heavy (non-hydrogen) atoms. The molecule has 1 aromatic rings. The van der Waals surface area contributed by atoms with Gasteiger partial charge in [-0.2, -0.15) is 13.2 Å². The second kappa shape index (κ2) is 10.6. The molecule has 3 saturated heterocycles. The summed E-state index contributed by atoms with van der Waals surface area (Å²) >= 11 is 0. The fraction of sp³-hybridized carbons (Fsp3) is 0.667. The average Bonchev–Trinajstić information content (AvgIpc) is 3.11. The van der Waals surface area contributed by atoms with Gasteiger partial charge >= 0.3 is 12.1 Å². The minimum Gasteiger partial charge on any atom is -0.475 e. The summed E-state index contributed by atoms with van der Waals surface area (Å²) in [6.45, 7) is 6.91. The van der Waals surface area contributed by atoms with Crippen molar-refractivity contribution in [2.45, 2.75) is 25.6 Å². The third-order valence-corrected chi connectivity index (χ3v) is 6.18. The Bertz CT molecular complexity index is 766. The predicted octanol–water partition coefficient (Wildman–Crippen LogP) is 1.80. The summed E-state index contributed by atoms with van der Waals surface area (Å²) in [5, 5.41) is 7.12. The van der Waals surface area contributed by atoms with Crippen LogP contribution in [-0.2, 0) is 25.6 Å². The number of carboxylic acids is 1. The second-order valence-electron chi connectivity index (χ2n) is 8.26. The Morgan fingerprint density at radius 1 is 1.12 bits per heavy atom. The minimum absolute atomic E-state index is 0.0580. The van der Waals surface area contributed by atoms with Crippen LogP contribution in [0.2, 0.25) is 0 Å². The molecule has 178 valence electrons.